The Morgan fingerprint density at radius 1 is 1.26 bits per heavy atom. The topological polar surface area (TPSA) is 71.2 Å². The second-order valence-corrected chi connectivity index (χ2v) is 7.36. The number of rotatable bonds is 8. The van der Waals surface area contributed by atoms with Crippen LogP contribution in [0.2, 0.25) is 0 Å². The summed E-state index contributed by atoms with van der Waals surface area (Å²) in [7, 11) is 1.83. The van der Waals surface area contributed by atoms with Crippen molar-refractivity contribution >= 4 is 16.9 Å². The molecule has 1 N–H and O–H groups in total. The van der Waals surface area contributed by atoms with Crippen LogP contribution in [0, 0.1) is 5.92 Å². The van der Waals surface area contributed by atoms with Crippen LogP contribution in [0.3, 0.4) is 0 Å². The third-order valence-corrected chi connectivity index (χ3v) is 4.74. The molecule has 0 aliphatic rings. The van der Waals surface area contributed by atoms with Crippen LogP contribution in [0.1, 0.15) is 37.4 Å². The van der Waals surface area contributed by atoms with Gasteiger partial charge in [0.05, 0.1) is 11.7 Å². The second-order valence-electron chi connectivity index (χ2n) is 7.36. The lowest BCUT2D eigenvalue weighted by Crippen LogP contribution is -2.30. The Morgan fingerprint density at radius 3 is 2.78 bits per heavy atom. The lowest BCUT2D eigenvalue weighted by molar-refractivity contribution is -0.143. The van der Waals surface area contributed by atoms with Crippen molar-refractivity contribution in [1.29, 1.82) is 0 Å². The van der Waals surface area contributed by atoms with Crippen LogP contribution in [0.25, 0.3) is 10.9 Å². The summed E-state index contributed by atoms with van der Waals surface area (Å²) < 4.78 is 1.83. The molecule has 1 atom stereocenters. The van der Waals surface area contributed by atoms with Gasteiger partial charge in [-0.25, -0.2) is 0 Å². The van der Waals surface area contributed by atoms with Gasteiger partial charge in [0.25, 0.3) is 0 Å². The monoisotopic (exact) mass is 366 g/mol. The molecule has 0 aliphatic carbocycles. The maximum Gasteiger partial charge on any atom is 0.325 e. The largest absolute Gasteiger partial charge is 0.480 e. The van der Waals surface area contributed by atoms with E-state index in [2.05, 4.69) is 23.9 Å². The Bertz CT molecular complexity index is 914. The van der Waals surface area contributed by atoms with E-state index in [1.165, 1.54) is 0 Å². The molecule has 2 aromatic heterocycles. The van der Waals surface area contributed by atoms with E-state index < -0.39 is 12.0 Å². The first-order valence-electron chi connectivity index (χ1n) is 9.23. The number of benzene rings is 1. The van der Waals surface area contributed by atoms with E-state index >= 15 is 0 Å². The summed E-state index contributed by atoms with van der Waals surface area (Å²) in [4.78, 5) is 18.2. The predicted octanol–water partition coefficient (Wildman–Crippen LogP) is 3.74. The number of fused-ring (bicyclic) bond motifs is 1. The molecule has 142 valence electrons. The summed E-state index contributed by atoms with van der Waals surface area (Å²) in [6.07, 6.45) is 6.30. The summed E-state index contributed by atoms with van der Waals surface area (Å²) in [5.74, 6) is -0.296. The highest BCUT2D eigenvalue weighted by molar-refractivity contribution is 5.82. The minimum absolute atomic E-state index is 0.511. The number of aliphatic carboxylic acids is 1. The molecule has 3 rings (SSSR count). The van der Waals surface area contributed by atoms with E-state index in [0.717, 1.165) is 29.4 Å². The number of para-hydroxylation sites is 1. The molecule has 0 fully saturated rings. The molecule has 0 amide bonds. The molecular weight excluding hydrogens is 340 g/mol. The van der Waals surface area contributed by atoms with Crippen molar-refractivity contribution in [3.63, 3.8) is 0 Å². The van der Waals surface area contributed by atoms with Crippen LogP contribution in [-0.2, 0) is 17.9 Å². The number of likely N-dealkylation sites (N-methyl/N-ethyl adjacent to an activating group) is 1. The predicted molar refractivity (Wildman–Crippen MR) is 105 cm³/mol. The van der Waals surface area contributed by atoms with Crippen LogP contribution in [-0.4, -0.2) is 37.8 Å². The minimum atomic E-state index is -0.876. The van der Waals surface area contributed by atoms with E-state index in [0.29, 0.717) is 18.0 Å². The van der Waals surface area contributed by atoms with Crippen molar-refractivity contribution in [2.75, 3.05) is 7.05 Å². The van der Waals surface area contributed by atoms with E-state index in [1.54, 1.807) is 12.4 Å². The molecule has 0 bridgehead atoms. The zero-order chi connectivity index (χ0) is 19.4. The van der Waals surface area contributed by atoms with Gasteiger partial charge in [0.15, 0.2) is 0 Å². The van der Waals surface area contributed by atoms with Crippen LogP contribution >= 0.6 is 0 Å². The third kappa shape index (κ3) is 4.52. The standard InChI is InChI=1S/C21H26N4O2/c1-15(2)9-11-25-14-17(12-23-25)20(21(26)27)24(3)13-16-8-10-22-19-7-5-4-6-18(16)19/h4-8,10,12,14-15,20H,9,11,13H2,1-3H3,(H,26,27)/t20-/m1/s1. The van der Waals surface area contributed by atoms with Gasteiger partial charge in [-0.3, -0.25) is 19.4 Å². The van der Waals surface area contributed by atoms with E-state index in [9.17, 15) is 9.90 Å². The number of carbonyl (C=O) groups is 1. The number of pyridine rings is 1. The number of aryl methyl sites for hydroxylation is 1. The molecule has 6 nitrogen and oxygen atoms in total. The van der Waals surface area contributed by atoms with Gasteiger partial charge < -0.3 is 5.11 Å². The van der Waals surface area contributed by atoms with Crippen molar-refractivity contribution in [3.8, 4) is 0 Å². The molecule has 0 aliphatic heterocycles. The number of hydrogen-bond donors (Lipinski definition) is 1. The molecular formula is C21H26N4O2. The minimum Gasteiger partial charge on any atom is -0.480 e. The van der Waals surface area contributed by atoms with Crippen LogP contribution in [0.4, 0.5) is 0 Å². The van der Waals surface area contributed by atoms with Crippen LogP contribution in [0.15, 0.2) is 48.9 Å². The van der Waals surface area contributed by atoms with Gasteiger partial charge in [-0.05, 0) is 37.1 Å². The number of hydrogen-bond acceptors (Lipinski definition) is 4. The quantitative estimate of drug-likeness (QED) is 0.658. The smallest absolute Gasteiger partial charge is 0.325 e. The number of carboxylic acid groups (broad SMARTS) is 1. The number of carboxylic acids is 1. The van der Waals surface area contributed by atoms with Gasteiger partial charge in [-0.1, -0.05) is 32.0 Å². The van der Waals surface area contributed by atoms with Gasteiger partial charge in [0.2, 0.25) is 0 Å². The van der Waals surface area contributed by atoms with Crippen molar-refractivity contribution < 1.29 is 9.90 Å². The molecule has 0 radical (unpaired) electrons. The summed E-state index contributed by atoms with van der Waals surface area (Å²) in [5.41, 5.74) is 2.67. The third-order valence-electron chi connectivity index (χ3n) is 4.74. The van der Waals surface area contributed by atoms with Crippen molar-refractivity contribution in [2.45, 2.75) is 39.4 Å². The number of aromatic nitrogens is 3. The normalized spacial score (nSPS) is 12.8. The lowest BCUT2D eigenvalue weighted by atomic mass is 10.1. The maximum atomic E-state index is 12.0. The van der Waals surface area contributed by atoms with Gasteiger partial charge in [-0.15, -0.1) is 0 Å². The van der Waals surface area contributed by atoms with Crippen LogP contribution in [0.5, 0.6) is 0 Å². The molecule has 1 aromatic carbocycles. The van der Waals surface area contributed by atoms with Crippen LogP contribution < -0.4 is 0 Å². The maximum absolute atomic E-state index is 12.0. The Morgan fingerprint density at radius 2 is 2.04 bits per heavy atom. The highest BCUT2D eigenvalue weighted by Gasteiger charge is 2.26. The zero-order valence-corrected chi connectivity index (χ0v) is 16.0. The highest BCUT2D eigenvalue weighted by atomic mass is 16.4. The summed E-state index contributed by atoms with van der Waals surface area (Å²) in [6, 6.07) is 9.11. The van der Waals surface area contributed by atoms with Gasteiger partial charge >= 0.3 is 5.97 Å². The fourth-order valence-corrected chi connectivity index (χ4v) is 3.27. The molecule has 0 spiro atoms. The first kappa shape index (κ1) is 19.0. The van der Waals surface area contributed by atoms with Crippen molar-refractivity contribution in [3.05, 3.63) is 60.0 Å². The fourth-order valence-electron chi connectivity index (χ4n) is 3.27. The Kier molecular flexibility index (Phi) is 5.86. The molecule has 0 saturated heterocycles. The van der Waals surface area contributed by atoms with Gasteiger partial charge in [-0.2, -0.15) is 5.10 Å². The molecule has 0 unspecified atom stereocenters. The lowest BCUT2D eigenvalue weighted by Gasteiger charge is -2.24. The molecule has 0 saturated carbocycles. The Labute approximate surface area is 159 Å². The molecule has 27 heavy (non-hydrogen) atoms. The van der Waals surface area contributed by atoms with Gasteiger partial charge in [0, 0.05) is 36.4 Å². The van der Waals surface area contributed by atoms with Crippen molar-refractivity contribution in [1.82, 2.24) is 19.7 Å². The molecule has 3 aromatic rings. The van der Waals surface area contributed by atoms with E-state index in [1.807, 2.05) is 53.2 Å². The summed E-state index contributed by atoms with van der Waals surface area (Å²) >= 11 is 0. The average molecular weight is 366 g/mol. The summed E-state index contributed by atoms with van der Waals surface area (Å²) in [5, 5.41) is 15.2. The fraction of sp³-hybridized carbons (Fsp3) is 0.381. The Balaban J connectivity index is 1.81. The van der Waals surface area contributed by atoms with Crippen molar-refractivity contribution in [2.24, 2.45) is 5.92 Å². The second kappa shape index (κ2) is 8.31. The molecule has 2 heterocycles. The van der Waals surface area contributed by atoms with E-state index in [-0.39, 0.29) is 0 Å². The Hall–Kier alpha value is -2.73. The average Bonchev–Trinajstić information content (AvgIpc) is 3.08. The van der Waals surface area contributed by atoms with Gasteiger partial charge in [0.1, 0.15) is 6.04 Å². The zero-order valence-electron chi connectivity index (χ0n) is 16.0. The SMILES string of the molecule is CC(C)CCn1cc([C@H](C(=O)O)N(C)Cc2ccnc3ccccc23)cn1. The van der Waals surface area contributed by atoms with E-state index in [4.69, 9.17) is 0 Å². The highest BCUT2D eigenvalue weighted by Crippen LogP contribution is 2.24. The summed E-state index contributed by atoms with van der Waals surface area (Å²) in [6.45, 7) is 5.63. The number of nitrogens with zero attached hydrogens (tertiary/aromatic N) is 4. The first-order chi connectivity index (χ1) is 13.0. The first-order valence-corrected chi connectivity index (χ1v) is 9.23. The molecule has 6 heteroatoms.